The average molecular weight is 1060 g/mol. The van der Waals surface area contributed by atoms with E-state index < -0.39 is 43.5 Å². The Labute approximate surface area is 449 Å². The van der Waals surface area contributed by atoms with E-state index in [1.165, 1.54) is 0 Å². The SMILES string of the molecule is C[C@@](Cc1ccc(OP(=O)(OCc2ccccc2)OCc2ccccc2)c(OCc2ccccc2)c1)(NNC(=O)N[C@@H](CCCCNC(=O)OCc1ccccc1)C(=O)OCc1ccccc1)C(=O)OCc1ccccc1. The van der Waals surface area contributed by atoms with Crippen molar-refractivity contribution in [2.45, 2.75) is 83.8 Å². The summed E-state index contributed by atoms with van der Waals surface area (Å²) in [4.78, 5) is 54.1. The number of carbonyl (C=O) groups excluding carboxylic acids is 4. The van der Waals surface area contributed by atoms with Crippen LogP contribution in [-0.4, -0.2) is 42.2 Å². The number of urea groups is 1. The minimum atomic E-state index is -4.37. The van der Waals surface area contributed by atoms with Crippen molar-refractivity contribution in [3.05, 3.63) is 239 Å². The first-order chi connectivity index (χ1) is 37.5. The van der Waals surface area contributed by atoms with Crippen LogP contribution < -0.4 is 30.7 Å². The van der Waals surface area contributed by atoms with E-state index in [9.17, 15) is 23.7 Å². The first kappa shape index (κ1) is 56.5. The molecular formula is C60H63N4O12P. The molecule has 7 rings (SSSR count). The van der Waals surface area contributed by atoms with E-state index >= 15 is 0 Å². The van der Waals surface area contributed by atoms with Gasteiger partial charge < -0.3 is 34.1 Å². The number of carbonyl (C=O) groups is 4. The lowest BCUT2D eigenvalue weighted by atomic mass is 9.93. The Morgan fingerprint density at radius 1 is 0.506 bits per heavy atom. The van der Waals surface area contributed by atoms with Crippen LogP contribution in [0.1, 0.15) is 65.1 Å². The second kappa shape index (κ2) is 29.7. The minimum absolute atomic E-state index is 0.0300. The van der Waals surface area contributed by atoms with Gasteiger partial charge in [0.25, 0.3) is 0 Å². The van der Waals surface area contributed by atoms with Gasteiger partial charge in [0.05, 0.1) is 13.2 Å². The highest BCUT2D eigenvalue weighted by atomic mass is 31.2. The topological polar surface area (TPSA) is 198 Å². The maximum Gasteiger partial charge on any atom is 0.530 e. The maximum atomic E-state index is 14.6. The van der Waals surface area contributed by atoms with Gasteiger partial charge in [-0.3, -0.25) is 14.5 Å². The van der Waals surface area contributed by atoms with Gasteiger partial charge in [0.1, 0.15) is 38.0 Å². The summed E-state index contributed by atoms with van der Waals surface area (Å²) in [6.07, 6.45) is 0.332. The van der Waals surface area contributed by atoms with Crippen LogP contribution in [0.2, 0.25) is 0 Å². The Morgan fingerprint density at radius 3 is 1.47 bits per heavy atom. The van der Waals surface area contributed by atoms with Crippen molar-refractivity contribution in [1.29, 1.82) is 0 Å². The number of nitrogens with one attached hydrogen (secondary N) is 4. The van der Waals surface area contributed by atoms with Crippen LogP contribution in [0.4, 0.5) is 9.59 Å². The second-order valence-corrected chi connectivity index (χ2v) is 19.6. The number of ether oxygens (including phenoxy) is 4. The van der Waals surface area contributed by atoms with Gasteiger partial charge >= 0.3 is 31.9 Å². The number of hydrogen-bond acceptors (Lipinski definition) is 13. The third-order valence-electron chi connectivity index (χ3n) is 11.8. The first-order valence-corrected chi connectivity index (χ1v) is 26.6. The fourth-order valence-corrected chi connectivity index (χ4v) is 8.80. The Hall–Kier alpha value is -8.27. The van der Waals surface area contributed by atoms with Crippen LogP contribution in [0.25, 0.3) is 0 Å². The van der Waals surface area contributed by atoms with Crippen LogP contribution in [-0.2, 0) is 83.5 Å². The molecule has 0 aliphatic rings. The molecule has 2 atom stereocenters. The Balaban J connectivity index is 1.08. The zero-order valence-corrected chi connectivity index (χ0v) is 43.6. The van der Waals surface area contributed by atoms with Gasteiger partial charge in [-0.1, -0.05) is 188 Å². The molecule has 3 amide bonds. The number of alkyl carbamates (subject to hydrolysis) is 1. The summed E-state index contributed by atoms with van der Waals surface area (Å²) in [5, 5.41) is 5.41. The van der Waals surface area contributed by atoms with Crippen LogP contribution in [0, 0.1) is 0 Å². The van der Waals surface area contributed by atoms with Gasteiger partial charge in [0.2, 0.25) is 0 Å². The van der Waals surface area contributed by atoms with E-state index in [1.54, 1.807) is 25.1 Å². The van der Waals surface area contributed by atoms with E-state index in [0.29, 0.717) is 18.4 Å². The van der Waals surface area contributed by atoms with Crippen molar-refractivity contribution >= 4 is 31.9 Å². The number of hydrogen-bond donors (Lipinski definition) is 4. The molecule has 4 N–H and O–H groups in total. The van der Waals surface area contributed by atoms with E-state index in [2.05, 4.69) is 21.5 Å². The van der Waals surface area contributed by atoms with Crippen LogP contribution in [0.15, 0.2) is 200 Å². The lowest BCUT2D eigenvalue weighted by Gasteiger charge is -2.30. The summed E-state index contributed by atoms with van der Waals surface area (Å²) in [5.41, 5.74) is 8.96. The highest BCUT2D eigenvalue weighted by Gasteiger charge is 2.37. The van der Waals surface area contributed by atoms with Crippen molar-refractivity contribution in [3.63, 3.8) is 0 Å². The lowest BCUT2D eigenvalue weighted by molar-refractivity contribution is -0.153. The number of phosphoric acid groups is 1. The van der Waals surface area contributed by atoms with Gasteiger partial charge in [-0.2, -0.15) is 0 Å². The molecule has 0 saturated heterocycles. The number of amides is 3. The normalized spacial score (nSPS) is 12.2. The van der Waals surface area contributed by atoms with Gasteiger partial charge in [0, 0.05) is 13.0 Å². The molecule has 7 aromatic rings. The summed E-state index contributed by atoms with van der Waals surface area (Å²) in [6, 6.07) is 58.2. The third kappa shape index (κ3) is 19.4. The lowest BCUT2D eigenvalue weighted by Crippen LogP contribution is -2.61. The van der Waals surface area contributed by atoms with E-state index in [0.717, 1.165) is 33.4 Å². The number of phosphoric ester groups is 1. The van der Waals surface area contributed by atoms with E-state index in [1.807, 2.05) is 182 Å². The molecule has 400 valence electrons. The predicted octanol–water partition coefficient (Wildman–Crippen LogP) is 11.2. The van der Waals surface area contributed by atoms with Gasteiger partial charge in [-0.15, -0.1) is 0 Å². The monoisotopic (exact) mass is 1060 g/mol. The van der Waals surface area contributed by atoms with E-state index in [-0.39, 0.29) is 70.5 Å². The van der Waals surface area contributed by atoms with Crippen molar-refractivity contribution < 1.29 is 56.3 Å². The number of esters is 2. The van der Waals surface area contributed by atoms with Crippen LogP contribution >= 0.6 is 7.82 Å². The average Bonchev–Trinajstić information content (AvgIpc) is 3.47. The molecule has 0 fully saturated rings. The molecule has 0 aliphatic carbocycles. The van der Waals surface area contributed by atoms with Crippen LogP contribution in [0.3, 0.4) is 0 Å². The zero-order chi connectivity index (χ0) is 54.0. The van der Waals surface area contributed by atoms with Crippen molar-refractivity contribution in [3.8, 4) is 11.5 Å². The summed E-state index contributed by atoms with van der Waals surface area (Å²) < 4.78 is 55.9. The Kier molecular flexibility index (Phi) is 21.8. The summed E-state index contributed by atoms with van der Waals surface area (Å²) in [6.45, 7) is 1.75. The Bertz CT molecular complexity index is 2920. The third-order valence-corrected chi connectivity index (χ3v) is 13.1. The molecule has 16 nitrogen and oxygen atoms in total. The second-order valence-electron chi connectivity index (χ2n) is 18.0. The zero-order valence-electron chi connectivity index (χ0n) is 42.8. The number of hydrazine groups is 1. The molecule has 0 aromatic heterocycles. The van der Waals surface area contributed by atoms with Gasteiger partial charge in [0.15, 0.2) is 11.5 Å². The van der Waals surface area contributed by atoms with E-state index in [4.69, 9.17) is 32.5 Å². The fraction of sp³-hybridized carbons (Fsp3) is 0.233. The van der Waals surface area contributed by atoms with Crippen LogP contribution in [0.5, 0.6) is 11.5 Å². The van der Waals surface area contributed by atoms with Crippen molar-refractivity contribution in [1.82, 2.24) is 21.5 Å². The smallest absolute Gasteiger partial charge is 0.485 e. The van der Waals surface area contributed by atoms with Crippen molar-refractivity contribution in [2.24, 2.45) is 0 Å². The summed E-state index contributed by atoms with van der Waals surface area (Å²) >= 11 is 0. The predicted molar refractivity (Wildman–Crippen MR) is 290 cm³/mol. The molecule has 0 saturated carbocycles. The first-order valence-electron chi connectivity index (χ1n) is 25.2. The molecule has 0 heterocycles. The molecule has 0 unspecified atom stereocenters. The van der Waals surface area contributed by atoms with Gasteiger partial charge in [-0.25, -0.2) is 29.2 Å². The minimum Gasteiger partial charge on any atom is -0.485 e. The molecule has 7 aromatic carbocycles. The molecule has 77 heavy (non-hydrogen) atoms. The number of rotatable bonds is 29. The summed E-state index contributed by atoms with van der Waals surface area (Å²) in [5.74, 6) is -1.22. The standard InChI is InChI=1S/C60H63N4O12P/c1-60(57(66)72-42-48-26-12-4-13-27-48,64-63-58(67)62-53(56(65)71-41-47-24-10-3-11-25-47)34-20-21-37-61-59(68)73-43-49-28-14-5-15-29-49)39-52-35-36-54(55(38-52)70-40-46-22-8-2-9-23-46)76-77(69,74-44-50-30-16-6-17-31-50)75-45-51-32-18-7-19-33-51/h2-19,22-33,35-36,38,53,64H,20-21,34,37,39-45H2,1H3,(H,61,68)(H2,62,63,67)/t53-,60-/m0/s1. The molecule has 0 aliphatic heterocycles. The number of benzene rings is 7. The Morgan fingerprint density at radius 2 is 0.961 bits per heavy atom. The molecule has 17 heteroatoms. The fourth-order valence-electron chi connectivity index (χ4n) is 7.62. The quantitative estimate of drug-likeness (QED) is 0.0114. The molecule has 0 spiro atoms. The molecule has 0 radical (unpaired) electrons. The molecular weight excluding hydrogens is 1000 g/mol. The van der Waals surface area contributed by atoms with Gasteiger partial charge in [-0.05, 0) is 77.3 Å². The van der Waals surface area contributed by atoms with Crippen molar-refractivity contribution in [2.75, 3.05) is 6.54 Å². The summed E-state index contributed by atoms with van der Waals surface area (Å²) in [7, 11) is -4.37. The molecule has 0 bridgehead atoms. The highest BCUT2D eigenvalue weighted by Crippen LogP contribution is 2.53. The maximum absolute atomic E-state index is 14.6. The largest absolute Gasteiger partial charge is 0.530 e. The highest BCUT2D eigenvalue weighted by molar-refractivity contribution is 7.48. The number of unbranched alkanes of at least 4 members (excludes halogenated alkanes) is 1.